The van der Waals surface area contributed by atoms with Crippen molar-refractivity contribution >= 4 is 5.91 Å². The molecule has 0 aromatic heterocycles. The van der Waals surface area contributed by atoms with Gasteiger partial charge in [0.15, 0.2) is 0 Å². The molecular formula is C21H27NO2. The standard InChI is InChI=1S/C21H27NO2/c1-6-19(17-9-10-20(24-5)16(4)12-17)22-21(23)13-18-11-14(2)7-8-15(18)3/h7-12,19H,6,13H2,1-5H3,(H,22,23)/t19-/m0/s1. The molecule has 128 valence electrons. The predicted octanol–water partition coefficient (Wildman–Crippen LogP) is 4.43. The highest BCUT2D eigenvalue weighted by Crippen LogP contribution is 2.24. The normalized spacial score (nSPS) is 11.9. The van der Waals surface area contributed by atoms with Gasteiger partial charge in [0.25, 0.3) is 0 Å². The van der Waals surface area contributed by atoms with E-state index in [2.05, 4.69) is 43.4 Å². The van der Waals surface area contributed by atoms with Crippen LogP contribution in [0, 0.1) is 20.8 Å². The molecule has 3 nitrogen and oxygen atoms in total. The average Bonchev–Trinajstić information content (AvgIpc) is 2.56. The van der Waals surface area contributed by atoms with Gasteiger partial charge in [-0.3, -0.25) is 4.79 Å². The van der Waals surface area contributed by atoms with E-state index in [-0.39, 0.29) is 11.9 Å². The molecule has 0 fully saturated rings. The summed E-state index contributed by atoms with van der Waals surface area (Å²) >= 11 is 0. The van der Waals surface area contributed by atoms with E-state index in [9.17, 15) is 4.79 Å². The topological polar surface area (TPSA) is 38.3 Å². The summed E-state index contributed by atoms with van der Waals surface area (Å²) in [5.41, 5.74) is 5.63. The number of methoxy groups -OCH3 is 1. The maximum atomic E-state index is 12.5. The Bertz CT molecular complexity index is 722. The first-order valence-electron chi connectivity index (χ1n) is 8.44. The minimum absolute atomic E-state index is 0.0206. The zero-order valence-electron chi connectivity index (χ0n) is 15.3. The van der Waals surface area contributed by atoms with Gasteiger partial charge in [-0.2, -0.15) is 0 Å². The van der Waals surface area contributed by atoms with Gasteiger partial charge in [-0.25, -0.2) is 0 Å². The van der Waals surface area contributed by atoms with Crippen molar-refractivity contribution in [1.29, 1.82) is 0 Å². The minimum Gasteiger partial charge on any atom is -0.496 e. The van der Waals surface area contributed by atoms with Gasteiger partial charge in [0, 0.05) is 0 Å². The van der Waals surface area contributed by atoms with Crippen LogP contribution in [0.2, 0.25) is 0 Å². The molecule has 3 heteroatoms. The molecule has 0 heterocycles. The molecule has 0 aliphatic carbocycles. The van der Waals surface area contributed by atoms with Crippen molar-refractivity contribution in [3.05, 3.63) is 64.2 Å². The van der Waals surface area contributed by atoms with Crippen molar-refractivity contribution in [2.45, 2.75) is 46.6 Å². The Morgan fingerprint density at radius 3 is 2.46 bits per heavy atom. The summed E-state index contributed by atoms with van der Waals surface area (Å²) in [5.74, 6) is 0.930. The number of carbonyl (C=O) groups excluding carboxylic acids is 1. The van der Waals surface area contributed by atoms with Crippen molar-refractivity contribution in [3.63, 3.8) is 0 Å². The van der Waals surface area contributed by atoms with E-state index in [4.69, 9.17) is 4.74 Å². The fraction of sp³-hybridized carbons (Fsp3) is 0.381. The molecule has 24 heavy (non-hydrogen) atoms. The Balaban J connectivity index is 2.10. The fourth-order valence-corrected chi connectivity index (χ4v) is 2.95. The number of rotatable bonds is 6. The number of hydrogen-bond acceptors (Lipinski definition) is 2. The van der Waals surface area contributed by atoms with E-state index < -0.39 is 0 Å². The molecule has 0 saturated heterocycles. The van der Waals surface area contributed by atoms with Crippen molar-refractivity contribution in [2.75, 3.05) is 7.11 Å². The Kier molecular flexibility index (Phi) is 6.02. The van der Waals surface area contributed by atoms with Crippen molar-refractivity contribution in [2.24, 2.45) is 0 Å². The van der Waals surface area contributed by atoms with Crippen LogP contribution in [0.3, 0.4) is 0 Å². The lowest BCUT2D eigenvalue weighted by atomic mass is 10.00. The summed E-state index contributed by atoms with van der Waals surface area (Å²) < 4.78 is 5.31. The van der Waals surface area contributed by atoms with E-state index in [0.717, 1.165) is 34.4 Å². The second-order valence-corrected chi connectivity index (χ2v) is 6.36. The first-order valence-corrected chi connectivity index (χ1v) is 8.44. The van der Waals surface area contributed by atoms with Crippen LogP contribution in [0.4, 0.5) is 0 Å². The highest BCUT2D eigenvalue weighted by molar-refractivity contribution is 5.79. The van der Waals surface area contributed by atoms with Crippen LogP contribution in [0.5, 0.6) is 5.75 Å². The lowest BCUT2D eigenvalue weighted by Gasteiger charge is -2.19. The average molecular weight is 325 g/mol. The zero-order valence-corrected chi connectivity index (χ0v) is 15.3. The Labute approximate surface area is 145 Å². The summed E-state index contributed by atoms with van der Waals surface area (Å²) in [6, 6.07) is 12.3. The number of nitrogens with one attached hydrogen (secondary N) is 1. The van der Waals surface area contributed by atoms with Gasteiger partial charge in [-0.15, -0.1) is 0 Å². The van der Waals surface area contributed by atoms with Crippen molar-refractivity contribution in [3.8, 4) is 5.75 Å². The second kappa shape index (κ2) is 8.00. The summed E-state index contributed by atoms with van der Waals surface area (Å²) in [6.45, 7) is 8.21. The summed E-state index contributed by atoms with van der Waals surface area (Å²) in [5, 5.41) is 3.16. The number of benzene rings is 2. The SMILES string of the molecule is CC[C@H](NC(=O)Cc1cc(C)ccc1C)c1ccc(OC)c(C)c1. The van der Waals surface area contributed by atoms with Crippen LogP contribution in [-0.4, -0.2) is 13.0 Å². The molecule has 2 aromatic rings. The predicted molar refractivity (Wildman–Crippen MR) is 98.5 cm³/mol. The first kappa shape index (κ1) is 18.1. The first-order chi connectivity index (χ1) is 11.4. The summed E-state index contributed by atoms with van der Waals surface area (Å²) in [7, 11) is 1.67. The van der Waals surface area contributed by atoms with Crippen molar-refractivity contribution < 1.29 is 9.53 Å². The number of ether oxygens (including phenoxy) is 1. The van der Waals surface area contributed by atoms with Crippen LogP contribution in [0.25, 0.3) is 0 Å². The third kappa shape index (κ3) is 4.38. The van der Waals surface area contributed by atoms with E-state index in [1.807, 2.05) is 26.0 Å². The fourth-order valence-electron chi connectivity index (χ4n) is 2.95. The lowest BCUT2D eigenvalue weighted by molar-refractivity contribution is -0.121. The van der Waals surface area contributed by atoms with Crippen LogP contribution >= 0.6 is 0 Å². The smallest absolute Gasteiger partial charge is 0.224 e. The minimum atomic E-state index is 0.0206. The maximum Gasteiger partial charge on any atom is 0.224 e. The summed E-state index contributed by atoms with van der Waals surface area (Å²) in [6.07, 6.45) is 1.27. The van der Waals surface area contributed by atoms with Gasteiger partial charge in [0.1, 0.15) is 5.75 Å². The largest absolute Gasteiger partial charge is 0.496 e. The van der Waals surface area contributed by atoms with E-state index in [1.54, 1.807) is 7.11 Å². The monoisotopic (exact) mass is 325 g/mol. The highest BCUT2D eigenvalue weighted by atomic mass is 16.5. The maximum absolute atomic E-state index is 12.5. The van der Waals surface area contributed by atoms with Gasteiger partial charge >= 0.3 is 0 Å². The molecule has 0 unspecified atom stereocenters. The van der Waals surface area contributed by atoms with E-state index in [0.29, 0.717) is 6.42 Å². The molecule has 2 aromatic carbocycles. The van der Waals surface area contributed by atoms with Crippen molar-refractivity contribution in [1.82, 2.24) is 5.32 Å². The van der Waals surface area contributed by atoms with E-state index >= 15 is 0 Å². The van der Waals surface area contributed by atoms with Gasteiger partial charge in [-0.05, 0) is 55.5 Å². The third-order valence-corrected chi connectivity index (χ3v) is 4.42. The molecule has 0 spiro atoms. The zero-order chi connectivity index (χ0) is 17.7. The van der Waals surface area contributed by atoms with Crippen LogP contribution in [0.15, 0.2) is 36.4 Å². The van der Waals surface area contributed by atoms with Gasteiger partial charge in [-0.1, -0.05) is 42.8 Å². The number of aryl methyl sites for hydroxylation is 3. The van der Waals surface area contributed by atoms with E-state index in [1.165, 1.54) is 5.56 Å². The molecule has 1 amide bonds. The van der Waals surface area contributed by atoms with Crippen LogP contribution in [-0.2, 0) is 11.2 Å². The molecule has 1 N–H and O–H groups in total. The molecule has 0 aliphatic heterocycles. The number of amides is 1. The second-order valence-electron chi connectivity index (χ2n) is 6.36. The number of hydrogen-bond donors (Lipinski definition) is 1. The quantitative estimate of drug-likeness (QED) is 0.853. The molecule has 1 atom stereocenters. The Morgan fingerprint density at radius 1 is 1.08 bits per heavy atom. The molecule has 2 rings (SSSR count). The molecule has 0 saturated carbocycles. The van der Waals surface area contributed by atoms with Crippen LogP contribution < -0.4 is 10.1 Å². The van der Waals surface area contributed by atoms with Gasteiger partial charge < -0.3 is 10.1 Å². The molecule has 0 aliphatic rings. The Morgan fingerprint density at radius 2 is 1.83 bits per heavy atom. The lowest BCUT2D eigenvalue weighted by Crippen LogP contribution is -2.29. The number of carbonyl (C=O) groups is 1. The highest BCUT2D eigenvalue weighted by Gasteiger charge is 2.15. The summed E-state index contributed by atoms with van der Waals surface area (Å²) in [4.78, 5) is 12.5. The molecule has 0 radical (unpaired) electrons. The molecular weight excluding hydrogens is 298 g/mol. The van der Waals surface area contributed by atoms with Crippen LogP contribution in [0.1, 0.15) is 47.2 Å². The molecule has 0 bridgehead atoms. The Hall–Kier alpha value is -2.29. The third-order valence-electron chi connectivity index (χ3n) is 4.42. The van der Waals surface area contributed by atoms with Gasteiger partial charge in [0.05, 0.1) is 19.6 Å². The van der Waals surface area contributed by atoms with Gasteiger partial charge in [0.2, 0.25) is 5.91 Å².